The highest BCUT2D eigenvalue weighted by Crippen LogP contribution is 2.35. The van der Waals surface area contributed by atoms with Gasteiger partial charge in [-0.25, -0.2) is 0 Å². The molecule has 0 aromatic rings. The smallest absolute Gasteiger partial charge is 0.0776 e. The standard InChI is InChI=1S/C11H23NO/c1-4-12-8-11(13)6-9(2)5-10(3)7-11/h9-10,12-13H,4-8H2,1-3H3. The first kappa shape index (κ1) is 11.0. The third-order valence-electron chi connectivity index (χ3n) is 2.97. The van der Waals surface area contributed by atoms with Gasteiger partial charge in [0.2, 0.25) is 0 Å². The van der Waals surface area contributed by atoms with Gasteiger partial charge >= 0.3 is 0 Å². The maximum absolute atomic E-state index is 10.3. The summed E-state index contributed by atoms with van der Waals surface area (Å²) >= 11 is 0. The van der Waals surface area contributed by atoms with E-state index in [0.717, 1.165) is 25.9 Å². The van der Waals surface area contributed by atoms with Crippen LogP contribution in [0.1, 0.15) is 40.0 Å². The van der Waals surface area contributed by atoms with Crippen LogP contribution in [0, 0.1) is 11.8 Å². The highest BCUT2D eigenvalue weighted by Gasteiger charge is 2.35. The van der Waals surface area contributed by atoms with Gasteiger partial charge in [-0.15, -0.1) is 0 Å². The fourth-order valence-corrected chi connectivity index (χ4v) is 2.74. The van der Waals surface area contributed by atoms with Crippen molar-refractivity contribution in [3.8, 4) is 0 Å². The highest BCUT2D eigenvalue weighted by atomic mass is 16.3. The van der Waals surface area contributed by atoms with Crippen molar-refractivity contribution in [2.45, 2.75) is 45.6 Å². The van der Waals surface area contributed by atoms with Crippen LogP contribution in [0.4, 0.5) is 0 Å². The van der Waals surface area contributed by atoms with Crippen LogP contribution in [0.2, 0.25) is 0 Å². The molecule has 1 aliphatic rings. The quantitative estimate of drug-likeness (QED) is 0.702. The Bertz CT molecular complexity index is 148. The van der Waals surface area contributed by atoms with Gasteiger partial charge in [0.15, 0.2) is 0 Å². The summed E-state index contributed by atoms with van der Waals surface area (Å²) in [6.45, 7) is 8.28. The number of hydrogen-bond acceptors (Lipinski definition) is 2. The Morgan fingerprint density at radius 3 is 2.31 bits per heavy atom. The maximum atomic E-state index is 10.3. The molecule has 0 spiro atoms. The van der Waals surface area contributed by atoms with Crippen molar-refractivity contribution < 1.29 is 5.11 Å². The van der Waals surface area contributed by atoms with Gasteiger partial charge in [0.25, 0.3) is 0 Å². The van der Waals surface area contributed by atoms with Crippen molar-refractivity contribution >= 4 is 0 Å². The van der Waals surface area contributed by atoms with Crippen LogP contribution in [-0.4, -0.2) is 23.8 Å². The molecule has 0 amide bonds. The van der Waals surface area contributed by atoms with E-state index in [0.29, 0.717) is 11.8 Å². The van der Waals surface area contributed by atoms with Gasteiger partial charge in [-0.05, 0) is 37.6 Å². The number of likely N-dealkylation sites (N-methyl/N-ethyl adjacent to an activating group) is 1. The molecule has 2 unspecified atom stereocenters. The van der Waals surface area contributed by atoms with Gasteiger partial charge in [-0.2, -0.15) is 0 Å². The minimum atomic E-state index is -0.437. The molecule has 1 fully saturated rings. The van der Waals surface area contributed by atoms with Crippen molar-refractivity contribution in [1.29, 1.82) is 0 Å². The molecular weight excluding hydrogens is 162 g/mol. The lowest BCUT2D eigenvalue weighted by atomic mass is 9.74. The maximum Gasteiger partial charge on any atom is 0.0776 e. The molecule has 0 heterocycles. The molecule has 2 atom stereocenters. The molecule has 78 valence electrons. The van der Waals surface area contributed by atoms with Crippen LogP contribution in [0.3, 0.4) is 0 Å². The van der Waals surface area contributed by atoms with E-state index in [4.69, 9.17) is 0 Å². The summed E-state index contributed by atoms with van der Waals surface area (Å²) in [4.78, 5) is 0. The molecule has 0 radical (unpaired) electrons. The third kappa shape index (κ3) is 3.28. The van der Waals surface area contributed by atoms with Crippen LogP contribution in [-0.2, 0) is 0 Å². The Balaban J connectivity index is 2.45. The number of aliphatic hydroxyl groups is 1. The zero-order valence-corrected chi connectivity index (χ0v) is 9.14. The Morgan fingerprint density at radius 2 is 1.85 bits per heavy atom. The van der Waals surface area contributed by atoms with Gasteiger partial charge < -0.3 is 10.4 Å². The molecule has 0 aromatic carbocycles. The molecule has 2 N–H and O–H groups in total. The summed E-state index contributed by atoms with van der Waals surface area (Å²) in [7, 11) is 0. The Morgan fingerprint density at radius 1 is 1.31 bits per heavy atom. The molecule has 1 rings (SSSR count). The average molecular weight is 185 g/mol. The number of nitrogens with one attached hydrogen (secondary N) is 1. The average Bonchev–Trinajstić information content (AvgIpc) is 1.98. The molecule has 1 saturated carbocycles. The van der Waals surface area contributed by atoms with Crippen molar-refractivity contribution in [1.82, 2.24) is 5.32 Å². The largest absolute Gasteiger partial charge is 0.389 e. The molecule has 0 aromatic heterocycles. The first-order chi connectivity index (χ1) is 6.06. The lowest BCUT2D eigenvalue weighted by Crippen LogP contribution is -2.46. The van der Waals surface area contributed by atoms with E-state index in [1.54, 1.807) is 0 Å². The predicted octanol–water partition coefficient (Wildman–Crippen LogP) is 1.78. The van der Waals surface area contributed by atoms with E-state index in [2.05, 4.69) is 26.1 Å². The summed E-state index contributed by atoms with van der Waals surface area (Å²) in [5.41, 5.74) is -0.437. The fraction of sp³-hybridized carbons (Fsp3) is 1.00. The molecule has 2 nitrogen and oxygen atoms in total. The Labute approximate surface area is 81.7 Å². The minimum Gasteiger partial charge on any atom is -0.389 e. The third-order valence-corrected chi connectivity index (χ3v) is 2.97. The number of hydrogen-bond donors (Lipinski definition) is 2. The topological polar surface area (TPSA) is 32.3 Å². The van der Waals surface area contributed by atoms with Crippen molar-refractivity contribution in [2.75, 3.05) is 13.1 Å². The van der Waals surface area contributed by atoms with Crippen molar-refractivity contribution in [3.63, 3.8) is 0 Å². The van der Waals surface area contributed by atoms with Gasteiger partial charge in [-0.3, -0.25) is 0 Å². The van der Waals surface area contributed by atoms with E-state index < -0.39 is 5.60 Å². The fourth-order valence-electron chi connectivity index (χ4n) is 2.74. The number of rotatable bonds is 3. The molecular formula is C11H23NO. The minimum absolute atomic E-state index is 0.437. The van der Waals surface area contributed by atoms with Crippen molar-refractivity contribution in [3.05, 3.63) is 0 Å². The molecule has 0 bridgehead atoms. The van der Waals surface area contributed by atoms with Gasteiger partial charge in [0.05, 0.1) is 5.60 Å². The van der Waals surface area contributed by atoms with Crippen LogP contribution < -0.4 is 5.32 Å². The molecule has 2 heteroatoms. The van der Waals surface area contributed by atoms with Crippen LogP contribution in [0.5, 0.6) is 0 Å². The lowest BCUT2D eigenvalue weighted by molar-refractivity contribution is -0.0291. The summed E-state index contributed by atoms with van der Waals surface area (Å²) in [5, 5.41) is 13.5. The van der Waals surface area contributed by atoms with E-state index >= 15 is 0 Å². The molecule has 1 aliphatic carbocycles. The van der Waals surface area contributed by atoms with E-state index in [1.807, 2.05) is 0 Å². The van der Waals surface area contributed by atoms with Crippen LogP contribution in [0.15, 0.2) is 0 Å². The zero-order valence-electron chi connectivity index (χ0n) is 9.14. The zero-order chi connectivity index (χ0) is 9.90. The summed E-state index contributed by atoms with van der Waals surface area (Å²) in [6, 6.07) is 0. The summed E-state index contributed by atoms with van der Waals surface area (Å²) < 4.78 is 0. The first-order valence-electron chi connectivity index (χ1n) is 5.49. The SMILES string of the molecule is CCNCC1(O)CC(C)CC(C)C1. The van der Waals surface area contributed by atoms with E-state index in [9.17, 15) is 5.11 Å². The van der Waals surface area contributed by atoms with Gasteiger partial charge in [0.1, 0.15) is 0 Å². The lowest BCUT2D eigenvalue weighted by Gasteiger charge is -2.39. The monoisotopic (exact) mass is 185 g/mol. The summed E-state index contributed by atoms with van der Waals surface area (Å²) in [6.07, 6.45) is 3.20. The second-order valence-electron chi connectivity index (χ2n) is 4.86. The van der Waals surface area contributed by atoms with Gasteiger partial charge in [0, 0.05) is 6.54 Å². The Hall–Kier alpha value is -0.0800. The van der Waals surface area contributed by atoms with Crippen molar-refractivity contribution in [2.24, 2.45) is 11.8 Å². The second kappa shape index (κ2) is 4.43. The molecule has 13 heavy (non-hydrogen) atoms. The second-order valence-corrected chi connectivity index (χ2v) is 4.86. The molecule has 0 saturated heterocycles. The predicted molar refractivity (Wildman–Crippen MR) is 55.7 cm³/mol. The van der Waals surface area contributed by atoms with Crippen LogP contribution in [0.25, 0.3) is 0 Å². The normalized spacial score (nSPS) is 40.6. The first-order valence-corrected chi connectivity index (χ1v) is 5.49. The Kier molecular flexibility index (Phi) is 3.74. The van der Waals surface area contributed by atoms with E-state index in [-0.39, 0.29) is 0 Å². The summed E-state index contributed by atoms with van der Waals surface area (Å²) in [5.74, 6) is 1.35. The van der Waals surface area contributed by atoms with Gasteiger partial charge in [-0.1, -0.05) is 20.8 Å². The molecule has 0 aliphatic heterocycles. The highest BCUT2D eigenvalue weighted by molar-refractivity contribution is 4.89. The van der Waals surface area contributed by atoms with E-state index in [1.165, 1.54) is 6.42 Å². The van der Waals surface area contributed by atoms with Crippen LogP contribution >= 0.6 is 0 Å².